The highest BCUT2D eigenvalue weighted by molar-refractivity contribution is 5.70. The Bertz CT molecular complexity index is 483. The van der Waals surface area contributed by atoms with Gasteiger partial charge in [-0.2, -0.15) is 5.10 Å². The summed E-state index contributed by atoms with van der Waals surface area (Å²) < 4.78 is 11.1. The van der Waals surface area contributed by atoms with Crippen LogP contribution >= 0.6 is 0 Å². The van der Waals surface area contributed by atoms with Crippen LogP contribution < -0.4 is 4.90 Å². The van der Waals surface area contributed by atoms with Crippen LogP contribution in [-0.2, 0) is 9.47 Å². The molecule has 0 aromatic carbocycles. The van der Waals surface area contributed by atoms with Gasteiger partial charge in [-0.15, -0.1) is 0 Å². The summed E-state index contributed by atoms with van der Waals surface area (Å²) in [6.45, 7) is 8.22. The minimum Gasteiger partial charge on any atom is -0.444 e. The van der Waals surface area contributed by atoms with E-state index in [-0.39, 0.29) is 18.2 Å². The summed E-state index contributed by atoms with van der Waals surface area (Å²) in [7, 11) is 0. The minimum atomic E-state index is -0.478. The number of hydrogen-bond donors (Lipinski definition) is 1. The molecule has 2 saturated heterocycles. The van der Waals surface area contributed by atoms with Crippen molar-refractivity contribution in [2.45, 2.75) is 38.5 Å². The molecule has 1 aromatic rings. The monoisotopic (exact) mass is 294 g/mol. The molecule has 3 rings (SSSR count). The Balaban J connectivity index is 1.74. The normalized spacial score (nSPS) is 25.9. The average Bonchev–Trinajstić information content (AvgIpc) is 2.88. The first kappa shape index (κ1) is 14.2. The summed E-state index contributed by atoms with van der Waals surface area (Å²) in [5.74, 6) is 0. The zero-order chi connectivity index (χ0) is 15.0. The third-order valence-electron chi connectivity index (χ3n) is 3.72. The molecule has 2 aliphatic rings. The van der Waals surface area contributed by atoms with Gasteiger partial charge in [0.05, 0.1) is 37.2 Å². The van der Waals surface area contributed by atoms with E-state index in [0.29, 0.717) is 13.2 Å². The Kier molecular flexibility index (Phi) is 3.52. The number of piperazine rings is 1. The fourth-order valence-corrected chi connectivity index (χ4v) is 2.90. The third kappa shape index (κ3) is 2.97. The topological polar surface area (TPSA) is 70.7 Å². The lowest BCUT2D eigenvalue weighted by Crippen LogP contribution is -2.66. The molecule has 7 heteroatoms. The van der Waals surface area contributed by atoms with Gasteiger partial charge in [0.1, 0.15) is 5.60 Å². The summed E-state index contributed by atoms with van der Waals surface area (Å²) in [4.78, 5) is 16.5. The third-order valence-corrected chi connectivity index (χ3v) is 3.72. The Morgan fingerprint density at radius 3 is 2.57 bits per heavy atom. The molecule has 2 aliphatic heterocycles. The summed E-state index contributed by atoms with van der Waals surface area (Å²) in [5, 5.41) is 6.82. The molecule has 0 saturated carbocycles. The summed E-state index contributed by atoms with van der Waals surface area (Å²) in [5.41, 5.74) is 0.573. The number of hydrogen-bond acceptors (Lipinski definition) is 5. The first-order valence-electron chi connectivity index (χ1n) is 7.27. The van der Waals surface area contributed by atoms with Crippen LogP contribution in [0.1, 0.15) is 20.8 Å². The minimum absolute atomic E-state index is 0.0160. The average molecular weight is 294 g/mol. The lowest BCUT2D eigenvalue weighted by molar-refractivity contribution is -0.0665. The number of anilines is 1. The van der Waals surface area contributed by atoms with Crippen molar-refractivity contribution in [3.05, 3.63) is 12.4 Å². The van der Waals surface area contributed by atoms with Crippen LogP contribution in [0.3, 0.4) is 0 Å². The number of rotatable bonds is 1. The summed E-state index contributed by atoms with van der Waals surface area (Å²) in [6, 6.07) is 0.0319. The van der Waals surface area contributed by atoms with Crippen LogP contribution in [0.5, 0.6) is 0 Å². The molecule has 2 unspecified atom stereocenters. The highest BCUT2D eigenvalue weighted by Crippen LogP contribution is 2.26. The molecule has 0 spiro atoms. The smallest absolute Gasteiger partial charge is 0.411 e. The molecule has 2 bridgehead atoms. The number of morpholine rings is 1. The van der Waals surface area contributed by atoms with E-state index in [1.165, 1.54) is 0 Å². The van der Waals surface area contributed by atoms with Crippen molar-refractivity contribution in [2.75, 3.05) is 31.2 Å². The first-order valence-corrected chi connectivity index (χ1v) is 7.27. The van der Waals surface area contributed by atoms with Crippen LogP contribution in [-0.4, -0.2) is 65.2 Å². The van der Waals surface area contributed by atoms with Gasteiger partial charge in [0, 0.05) is 19.3 Å². The van der Waals surface area contributed by atoms with Gasteiger partial charge in [-0.1, -0.05) is 0 Å². The molecule has 7 nitrogen and oxygen atoms in total. The maximum atomic E-state index is 12.4. The molecule has 116 valence electrons. The first-order chi connectivity index (χ1) is 9.94. The van der Waals surface area contributed by atoms with E-state index < -0.39 is 5.60 Å². The van der Waals surface area contributed by atoms with Crippen LogP contribution in [0.15, 0.2) is 12.4 Å². The maximum absolute atomic E-state index is 12.4. The quantitative estimate of drug-likeness (QED) is 0.843. The standard InChI is InChI=1S/C14H22N4O3/c1-14(2,3)21-13(19)18-11-6-17(10-4-15-16-5-10)7-12(18)9-20-8-11/h4-5,11-12H,6-9H2,1-3H3,(H,15,16). The molecular formula is C14H22N4O3. The number of H-pyrrole nitrogens is 1. The van der Waals surface area contributed by atoms with E-state index in [1.54, 1.807) is 6.20 Å². The van der Waals surface area contributed by atoms with Crippen molar-refractivity contribution in [2.24, 2.45) is 0 Å². The van der Waals surface area contributed by atoms with Gasteiger partial charge in [0.15, 0.2) is 0 Å². The molecule has 2 atom stereocenters. The molecule has 1 aromatic heterocycles. The molecule has 2 fully saturated rings. The van der Waals surface area contributed by atoms with E-state index in [0.717, 1.165) is 18.8 Å². The molecule has 1 N–H and O–H groups in total. The zero-order valence-corrected chi connectivity index (χ0v) is 12.7. The number of nitrogens with one attached hydrogen (secondary N) is 1. The number of fused-ring (bicyclic) bond motifs is 2. The van der Waals surface area contributed by atoms with E-state index in [2.05, 4.69) is 15.1 Å². The predicted molar refractivity (Wildman–Crippen MR) is 77.3 cm³/mol. The van der Waals surface area contributed by atoms with E-state index in [9.17, 15) is 4.79 Å². The van der Waals surface area contributed by atoms with Crippen LogP contribution in [0, 0.1) is 0 Å². The second kappa shape index (κ2) is 5.22. The lowest BCUT2D eigenvalue weighted by atomic mass is 10.0. The van der Waals surface area contributed by atoms with Gasteiger partial charge in [-0.05, 0) is 20.8 Å². The Labute approximate surface area is 124 Å². The van der Waals surface area contributed by atoms with Crippen LogP contribution in [0.4, 0.5) is 10.5 Å². The number of aromatic amines is 1. The van der Waals surface area contributed by atoms with Crippen molar-refractivity contribution >= 4 is 11.8 Å². The second-order valence-electron chi connectivity index (χ2n) is 6.59. The fraction of sp³-hybridized carbons (Fsp3) is 0.714. The molecule has 1 amide bonds. The largest absolute Gasteiger partial charge is 0.444 e. The molecular weight excluding hydrogens is 272 g/mol. The molecule has 3 heterocycles. The number of amides is 1. The van der Waals surface area contributed by atoms with E-state index in [4.69, 9.17) is 9.47 Å². The Morgan fingerprint density at radius 2 is 2.05 bits per heavy atom. The Hall–Kier alpha value is -1.76. The summed E-state index contributed by atoms with van der Waals surface area (Å²) >= 11 is 0. The van der Waals surface area contributed by atoms with E-state index in [1.807, 2.05) is 31.9 Å². The fourth-order valence-electron chi connectivity index (χ4n) is 2.90. The zero-order valence-electron chi connectivity index (χ0n) is 12.7. The highest BCUT2D eigenvalue weighted by Gasteiger charge is 2.42. The number of aromatic nitrogens is 2. The van der Waals surface area contributed by atoms with Gasteiger partial charge in [0.25, 0.3) is 0 Å². The lowest BCUT2D eigenvalue weighted by Gasteiger charge is -2.49. The molecule has 0 aliphatic carbocycles. The number of carbonyl (C=O) groups excluding carboxylic acids is 1. The van der Waals surface area contributed by atoms with Crippen molar-refractivity contribution in [3.63, 3.8) is 0 Å². The van der Waals surface area contributed by atoms with Crippen molar-refractivity contribution in [3.8, 4) is 0 Å². The Morgan fingerprint density at radius 1 is 1.38 bits per heavy atom. The molecule has 0 radical (unpaired) electrons. The highest BCUT2D eigenvalue weighted by atomic mass is 16.6. The van der Waals surface area contributed by atoms with Gasteiger partial charge in [-0.25, -0.2) is 4.79 Å². The SMILES string of the molecule is CC(C)(C)OC(=O)N1C2COCC1CN(c1cn[nH]c1)C2. The predicted octanol–water partition coefficient (Wildman–Crippen LogP) is 1.23. The van der Waals surface area contributed by atoms with Crippen molar-refractivity contribution in [1.29, 1.82) is 0 Å². The van der Waals surface area contributed by atoms with Crippen molar-refractivity contribution in [1.82, 2.24) is 15.1 Å². The maximum Gasteiger partial charge on any atom is 0.411 e. The van der Waals surface area contributed by atoms with Gasteiger partial charge >= 0.3 is 6.09 Å². The van der Waals surface area contributed by atoms with Crippen LogP contribution in [0.25, 0.3) is 0 Å². The van der Waals surface area contributed by atoms with Gasteiger partial charge in [-0.3, -0.25) is 10.00 Å². The molecule has 21 heavy (non-hydrogen) atoms. The van der Waals surface area contributed by atoms with Crippen LogP contribution in [0.2, 0.25) is 0 Å². The van der Waals surface area contributed by atoms with Gasteiger partial charge < -0.3 is 14.4 Å². The summed E-state index contributed by atoms with van der Waals surface area (Å²) in [6.07, 6.45) is 3.44. The van der Waals surface area contributed by atoms with Crippen molar-refractivity contribution < 1.29 is 14.3 Å². The number of nitrogens with zero attached hydrogens (tertiary/aromatic N) is 3. The second-order valence-corrected chi connectivity index (χ2v) is 6.59. The van der Waals surface area contributed by atoms with Gasteiger partial charge in [0.2, 0.25) is 0 Å². The number of carbonyl (C=O) groups is 1. The van der Waals surface area contributed by atoms with E-state index >= 15 is 0 Å². The number of ether oxygens (including phenoxy) is 2.